The van der Waals surface area contributed by atoms with Gasteiger partial charge in [0.15, 0.2) is 0 Å². The third kappa shape index (κ3) is 3.97. The molecule has 6 heteroatoms. The third-order valence-corrected chi connectivity index (χ3v) is 4.34. The smallest absolute Gasteiger partial charge is 0.237 e. The molecule has 2 N–H and O–H groups in total. The molecule has 0 saturated heterocycles. The first-order chi connectivity index (χ1) is 8.51. The number of rotatable bonds is 7. The van der Waals surface area contributed by atoms with Crippen LogP contribution >= 0.6 is 0 Å². The summed E-state index contributed by atoms with van der Waals surface area (Å²) >= 11 is 0. The van der Waals surface area contributed by atoms with Gasteiger partial charge in [-0.15, -0.1) is 0 Å². The summed E-state index contributed by atoms with van der Waals surface area (Å²) < 4.78 is 31.2. The van der Waals surface area contributed by atoms with Gasteiger partial charge in [-0.05, 0) is 25.0 Å². The fraction of sp³-hybridized carbons (Fsp3) is 0.500. The molecule has 0 radical (unpaired) electrons. The summed E-state index contributed by atoms with van der Waals surface area (Å²) in [5.74, 6) is 0. The van der Waals surface area contributed by atoms with Crippen molar-refractivity contribution in [2.45, 2.75) is 18.6 Å². The number of benzene rings is 1. The topological polar surface area (TPSA) is 75.6 Å². The van der Waals surface area contributed by atoms with Crippen molar-refractivity contribution in [2.24, 2.45) is 0 Å². The highest BCUT2D eigenvalue weighted by Gasteiger charge is 2.20. The number of sulfonamides is 1. The van der Waals surface area contributed by atoms with Gasteiger partial charge in [0.25, 0.3) is 0 Å². The van der Waals surface area contributed by atoms with Crippen LogP contribution in [0.1, 0.15) is 12.5 Å². The van der Waals surface area contributed by atoms with E-state index in [4.69, 9.17) is 9.84 Å². The SMILES string of the molecule is COCCc1ccccc1NS(=O)(=O)C(C)CO. The van der Waals surface area contributed by atoms with Crippen LogP contribution in [0, 0.1) is 0 Å². The Morgan fingerprint density at radius 1 is 1.39 bits per heavy atom. The molecule has 102 valence electrons. The van der Waals surface area contributed by atoms with Crippen molar-refractivity contribution < 1.29 is 18.3 Å². The molecule has 0 bridgehead atoms. The molecule has 1 atom stereocenters. The molecular weight excluding hydrogens is 254 g/mol. The van der Waals surface area contributed by atoms with E-state index in [0.717, 1.165) is 5.56 Å². The molecule has 0 aromatic heterocycles. The fourth-order valence-corrected chi connectivity index (χ4v) is 2.30. The van der Waals surface area contributed by atoms with E-state index in [0.29, 0.717) is 18.7 Å². The van der Waals surface area contributed by atoms with Crippen molar-refractivity contribution in [1.29, 1.82) is 0 Å². The van der Waals surface area contributed by atoms with Crippen LogP contribution < -0.4 is 4.72 Å². The molecule has 0 aliphatic carbocycles. The molecule has 18 heavy (non-hydrogen) atoms. The number of para-hydroxylation sites is 1. The molecule has 1 rings (SSSR count). The van der Waals surface area contributed by atoms with Crippen LogP contribution in [0.4, 0.5) is 5.69 Å². The van der Waals surface area contributed by atoms with Gasteiger partial charge in [0.2, 0.25) is 10.0 Å². The number of anilines is 1. The molecule has 0 amide bonds. The largest absolute Gasteiger partial charge is 0.395 e. The van der Waals surface area contributed by atoms with Crippen LogP contribution in [-0.4, -0.2) is 39.1 Å². The van der Waals surface area contributed by atoms with Crippen LogP contribution in [0.25, 0.3) is 0 Å². The van der Waals surface area contributed by atoms with Gasteiger partial charge in [-0.1, -0.05) is 18.2 Å². The molecule has 0 aliphatic rings. The highest BCUT2D eigenvalue weighted by Crippen LogP contribution is 2.18. The molecule has 0 heterocycles. The lowest BCUT2D eigenvalue weighted by Gasteiger charge is -2.15. The summed E-state index contributed by atoms with van der Waals surface area (Å²) in [6, 6.07) is 7.16. The average molecular weight is 273 g/mol. The zero-order valence-corrected chi connectivity index (χ0v) is 11.4. The number of hydrogen-bond acceptors (Lipinski definition) is 4. The van der Waals surface area contributed by atoms with E-state index in [9.17, 15) is 8.42 Å². The zero-order chi connectivity index (χ0) is 13.6. The number of ether oxygens (including phenoxy) is 1. The summed E-state index contributed by atoms with van der Waals surface area (Å²) in [5, 5.41) is 8.08. The lowest BCUT2D eigenvalue weighted by Crippen LogP contribution is -2.28. The standard InChI is InChI=1S/C12H19NO4S/c1-10(9-14)18(15,16)13-12-6-4-3-5-11(12)7-8-17-2/h3-6,10,13-14H,7-9H2,1-2H3. The summed E-state index contributed by atoms with van der Waals surface area (Å²) in [4.78, 5) is 0. The Morgan fingerprint density at radius 3 is 2.67 bits per heavy atom. The monoisotopic (exact) mass is 273 g/mol. The van der Waals surface area contributed by atoms with Crippen molar-refractivity contribution in [3.8, 4) is 0 Å². The van der Waals surface area contributed by atoms with Crippen molar-refractivity contribution in [2.75, 3.05) is 25.0 Å². The summed E-state index contributed by atoms with van der Waals surface area (Å²) in [6.45, 7) is 1.57. The first kappa shape index (κ1) is 14.9. The minimum atomic E-state index is -3.55. The summed E-state index contributed by atoms with van der Waals surface area (Å²) in [7, 11) is -1.95. The second-order valence-electron chi connectivity index (χ2n) is 4.04. The predicted octanol–water partition coefficient (Wildman–Crippen LogP) is 0.998. The van der Waals surface area contributed by atoms with E-state index in [1.54, 1.807) is 19.2 Å². The van der Waals surface area contributed by atoms with E-state index in [2.05, 4.69) is 4.72 Å². The van der Waals surface area contributed by atoms with Gasteiger partial charge in [0, 0.05) is 7.11 Å². The number of aliphatic hydroxyl groups is 1. The maximum atomic E-state index is 11.9. The summed E-state index contributed by atoms with van der Waals surface area (Å²) in [5.41, 5.74) is 1.41. The molecule has 1 unspecified atom stereocenters. The number of methoxy groups -OCH3 is 1. The van der Waals surface area contributed by atoms with Crippen molar-refractivity contribution in [3.63, 3.8) is 0 Å². The number of nitrogens with one attached hydrogen (secondary N) is 1. The zero-order valence-electron chi connectivity index (χ0n) is 10.6. The molecule has 0 fully saturated rings. The number of hydrogen-bond donors (Lipinski definition) is 2. The molecule has 5 nitrogen and oxygen atoms in total. The van der Waals surface area contributed by atoms with E-state index in [-0.39, 0.29) is 0 Å². The highest BCUT2D eigenvalue weighted by atomic mass is 32.2. The van der Waals surface area contributed by atoms with Crippen molar-refractivity contribution in [1.82, 2.24) is 0 Å². The van der Waals surface area contributed by atoms with Crippen LogP contribution in [0.5, 0.6) is 0 Å². The lowest BCUT2D eigenvalue weighted by atomic mass is 10.1. The van der Waals surface area contributed by atoms with E-state index < -0.39 is 21.9 Å². The first-order valence-electron chi connectivity index (χ1n) is 5.70. The molecule has 1 aromatic rings. The second kappa shape index (κ2) is 6.72. The second-order valence-corrected chi connectivity index (χ2v) is 6.14. The van der Waals surface area contributed by atoms with Crippen LogP contribution in [0.3, 0.4) is 0 Å². The Kier molecular flexibility index (Phi) is 5.58. The van der Waals surface area contributed by atoms with E-state index in [1.807, 2.05) is 12.1 Å². The van der Waals surface area contributed by atoms with Crippen molar-refractivity contribution in [3.05, 3.63) is 29.8 Å². The van der Waals surface area contributed by atoms with E-state index in [1.165, 1.54) is 6.92 Å². The number of aliphatic hydroxyl groups excluding tert-OH is 1. The maximum Gasteiger partial charge on any atom is 0.237 e. The Labute approximate surface area is 108 Å². The average Bonchev–Trinajstić information content (AvgIpc) is 2.36. The Bertz CT molecular complexity index is 473. The van der Waals surface area contributed by atoms with Gasteiger partial charge in [-0.3, -0.25) is 4.72 Å². The predicted molar refractivity (Wildman–Crippen MR) is 71.1 cm³/mol. The molecule has 0 saturated carbocycles. The fourth-order valence-electron chi connectivity index (χ4n) is 1.40. The van der Waals surface area contributed by atoms with Gasteiger partial charge < -0.3 is 9.84 Å². The van der Waals surface area contributed by atoms with Gasteiger partial charge >= 0.3 is 0 Å². The van der Waals surface area contributed by atoms with Gasteiger partial charge in [0.1, 0.15) is 5.25 Å². The summed E-state index contributed by atoms with van der Waals surface area (Å²) in [6.07, 6.45) is 0.628. The Hall–Kier alpha value is -1.11. The molecular formula is C12H19NO4S. The normalized spacial score (nSPS) is 13.3. The first-order valence-corrected chi connectivity index (χ1v) is 7.25. The highest BCUT2D eigenvalue weighted by molar-refractivity contribution is 7.93. The van der Waals surface area contributed by atoms with Gasteiger partial charge in [0.05, 0.1) is 18.9 Å². The van der Waals surface area contributed by atoms with Crippen molar-refractivity contribution >= 4 is 15.7 Å². The van der Waals surface area contributed by atoms with E-state index >= 15 is 0 Å². The van der Waals surface area contributed by atoms with Gasteiger partial charge in [-0.2, -0.15) is 0 Å². The minimum Gasteiger partial charge on any atom is -0.395 e. The molecule has 0 aliphatic heterocycles. The van der Waals surface area contributed by atoms with Crippen LogP contribution in [0.2, 0.25) is 0 Å². The van der Waals surface area contributed by atoms with Crippen LogP contribution in [-0.2, 0) is 21.2 Å². The van der Waals surface area contributed by atoms with Crippen LogP contribution in [0.15, 0.2) is 24.3 Å². The molecule has 1 aromatic carbocycles. The minimum absolute atomic E-state index is 0.407. The molecule has 0 spiro atoms. The maximum absolute atomic E-state index is 11.9. The quantitative estimate of drug-likeness (QED) is 0.777. The Morgan fingerprint density at radius 2 is 2.06 bits per heavy atom. The Balaban J connectivity index is 2.90. The van der Waals surface area contributed by atoms with Gasteiger partial charge in [-0.25, -0.2) is 8.42 Å². The lowest BCUT2D eigenvalue weighted by molar-refractivity contribution is 0.202. The third-order valence-electron chi connectivity index (χ3n) is 2.63.